The quantitative estimate of drug-likeness (QED) is 0.308. The first-order chi connectivity index (χ1) is 17.4. The van der Waals surface area contributed by atoms with E-state index in [9.17, 15) is 14.9 Å². The normalized spacial score (nSPS) is 26.9. The van der Waals surface area contributed by atoms with Crippen molar-refractivity contribution in [1.29, 1.82) is 0 Å². The van der Waals surface area contributed by atoms with Gasteiger partial charge in [-0.15, -0.1) is 0 Å². The third-order valence-electron chi connectivity index (χ3n) is 8.97. The lowest BCUT2D eigenvalue weighted by Gasteiger charge is -2.48. The zero-order valence-corrected chi connectivity index (χ0v) is 20.4. The van der Waals surface area contributed by atoms with E-state index < -0.39 is 0 Å². The number of imidazole rings is 1. The molecule has 0 radical (unpaired) electrons. The highest BCUT2D eigenvalue weighted by molar-refractivity contribution is 5.87. The van der Waals surface area contributed by atoms with Crippen LogP contribution >= 0.6 is 0 Å². The van der Waals surface area contributed by atoms with Crippen LogP contribution in [-0.4, -0.2) is 36.8 Å². The molecule has 0 saturated heterocycles. The molecule has 2 aromatic heterocycles. The summed E-state index contributed by atoms with van der Waals surface area (Å²) in [6, 6.07) is 3.81. The summed E-state index contributed by atoms with van der Waals surface area (Å²) in [5, 5.41) is 12.2. The Kier molecular flexibility index (Phi) is 5.42. The molecule has 2 heterocycles. The van der Waals surface area contributed by atoms with Crippen LogP contribution in [-0.2, 0) is 17.8 Å². The summed E-state index contributed by atoms with van der Waals surface area (Å²) in [6.07, 6.45) is 8.69. The molecule has 6 rings (SSSR count). The lowest BCUT2D eigenvalue weighted by atomic mass is 9.55. The van der Waals surface area contributed by atoms with Crippen molar-refractivity contribution < 1.29 is 14.5 Å². The number of hydrogen-bond acceptors (Lipinski definition) is 8. The van der Waals surface area contributed by atoms with Crippen molar-refractivity contribution >= 4 is 28.5 Å². The van der Waals surface area contributed by atoms with Crippen LogP contribution in [0.4, 0.5) is 11.5 Å². The van der Waals surface area contributed by atoms with Crippen molar-refractivity contribution in [3.05, 3.63) is 46.0 Å². The Hall–Kier alpha value is -3.56. The van der Waals surface area contributed by atoms with Crippen molar-refractivity contribution in [2.45, 2.75) is 64.3 Å². The summed E-state index contributed by atoms with van der Waals surface area (Å²) in [5.74, 6) is 2.18. The molecule has 3 aromatic rings. The van der Waals surface area contributed by atoms with E-state index in [2.05, 4.69) is 21.9 Å². The van der Waals surface area contributed by atoms with Gasteiger partial charge in [-0.2, -0.15) is 0 Å². The topological polar surface area (TPSA) is 139 Å². The minimum Gasteiger partial charge on any atom is -0.487 e. The molecular weight excluding hydrogens is 460 g/mol. The van der Waals surface area contributed by atoms with Crippen LogP contribution in [0.15, 0.2) is 24.8 Å². The molecular formula is C26H30N6O4. The van der Waals surface area contributed by atoms with Crippen LogP contribution in [0, 0.1) is 27.4 Å². The van der Waals surface area contributed by atoms with Crippen LogP contribution in [0.3, 0.4) is 0 Å². The number of rotatable bonds is 6. The average molecular weight is 491 g/mol. The molecule has 0 aliphatic heterocycles. The molecule has 2 N–H and O–H groups in total. The van der Waals surface area contributed by atoms with Crippen LogP contribution < -0.4 is 10.5 Å². The van der Waals surface area contributed by atoms with Gasteiger partial charge in [0, 0.05) is 23.9 Å². The zero-order chi connectivity index (χ0) is 25.0. The van der Waals surface area contributed by atoms with Crippen molar-refractivity contribution in [2.24, 2.45) is 17.3 Å². The van der Waals surface area contributed by atoms with Crippen molar-refractivity contribution in [2.75, 3.05) is 12.3 Å². The smallest absolute Gasteiger partial charge is 0.314 e. The standard InChI is InChI=1S/C26H30N6O4/c1-26-10-9-16-15-5-7-20(36-12-2-11-31-14-30-22-24(27)28-13-29-25(22)31)23(32(34)35)18(15)4-3-17(16)19(26)6-8-21(26)33/h5,7,13-14,16-17,19H,2-4,6,8-12H2,1H3,(H2,27,28,29). The van der Waals surface area contributed by atoms with E-state index in [1.807, 2.05) is 10.6 Å². The number of hydrogen-bond donors (Lipinski definition) is 1. The number of nitro benzene ring substituents is 1. The van der Waals surface area contributed by atoms with Gasteiger partial charge in [-0.3, -0.25) is 14.9 Å². The fraction of sp³-hybridized carbons (Fsp3) is 0.538. The largest absolute Gasteiger partial charge is 0.487 e. The van der Waals surface area contributed by atoms with E-state index in [4.69, 9.17) is 10.5 Å². The van der Waals surface area contributed by atoms with E-state index in [-0.39, 0.29) is 21.9 Å². The van der Waals surface area contributed by atoms with Gasteiger partial charge < -0.3 is 15.0 Å². The first-order valence-electron chi connectivity index (χ1n) is 12.8. The van der Waals surface area contributed by atoms with Crippen molar-refractivity contribution in [1.82, 2.24) is 19.5 Å². The molecule has 0 spiro atoms. The maximum Gasteiger partial charge on any atom is 0.314 e. The maximum absolute atomic E-state index is 12.6. The average Bonchev–Trinajstić information content (AvgIpc) is 3.42. The van der Waals surface area contributed by atoms with E-state index in [0.29, 0.717) is 72.8 Å². The number of anilines is 1. The molecule has 10 nitrogen and oxygen atoms in total. The SMILES string of the molecule is CC12CCC3c4ccc(OCCCn5cnc6c(N)ncnc65)c([N+](=O)[O-])c4CCC3C1CCC2=O. The number of aryl methyl sites for hydroxylation is 1. The number of nitrogen functional groups attached to an aromatic ring is 1. The Balaban J connectivity index is 1.19. The number of carbonyl (C=O) groups excluding carboxylic acids is 1. The first kappa shape index (κ1) is 22.9. The highest BCUT2D eigenvalue weighted by Gasteiger charge is 2.55. The molecule has 0 amide bonds. The van der Waals surface area contributed by atoms with Gasteiger partial charge in [0.25, 0.3) is 0 Å². The van der Waals surface area contributed by atoms with Gasteiger partial charge in [0.05, 0.1) is 17.9 Å². The third-order valence-corrected chi connectivity index (χ3v) is 8.97. The number of ketones is 1. The van der Waals surface area contributed by atoms with Gasteiger partial charge in [0.15, 0.2) is 17.2 Å². The number of Topliss-reactive ketones (excluding diaryl/α,β-unsaturated/α-hetero) is 1. The Labute approximate surface area is 208 Å². The molecule has 1 aromatic carbocycles. The molecule has 3 aliphatic rings. The monoisotopic (exact) mass is 490 g/mol. The highest BCUT2D eigenvalue weighted by Crippen LogP contribution is 2.60. The summed E-state index contributed by atoms with van der Waals surface area (Å²) < 4.78 is 7.83. The molecule has 2 saturated carbocycles. The van der Waals surface area contributed by atoms with Gasteiger partial charge in [0.2, 0.25) is 0 Å². The second kappa shape index (κ2) is 8.53. The minimum atomic E-state index is -0.288. The van der Waals surface area contributed by atoms with Crippen LogP contribution in [0.2, 0.25) is 0 Å². The summed E-state index contributed by atoms with van der Waals surface area (Å²) in [5.41, 5.74) is 8.88. The number of nitrogens with two attached hydrogens (primary N) is 1. The highest BCUT2D eigenvalue weighted by atomic mass is 16.6. The Morgan fingerprint density at radius 1 is 1.22 bits per heavy atom. The molecule has 0 bridgehead atoms. The number of nitro groups is 1. The summed E-state index contributed by atoms with van der Waals surface area (Å²) in [4.78, 5) is 36.9. The van der Waals surface area contributed by atoms with Crippen LogP contribution in [0.1, 0.15) is 62.5 Å². The molecule has 36 heavy (non-hydrogen) atoms. The minimum absolute atomic E-state index is 0.107. The molecule has 4 atom stereocenters. The number of nitrogens with zero attached hydrogens (tertiary/aromatic N) is 5. The summed E-state index contributed by atoms with van der Waals surface area (Å²) in [6.45, 7) is 3.06. The van der Waals surface area contributed by atoms with Crippen molar-refractivity contribution in [3.8, 4) is 5.75 Å². The van der Waals surface area contributed by atoms with Crippen molar-refractivity contribution in [3.63, 3.8) is 0 Å². The first-order valence-corrected chi connectivity index (χ1v) is 12.8. The van der Waals surface area contributed by atoms with Gasteiger partial charge in [-0.05, 0) is 67.9 Å². The van der Waals surface area contributed by atoms with E-state index in [1.165, 1.54) is 6.33 Å². The Morgan fingerprint density at radius 3 is 2.92 bits per heavy atom. The lowest BCUT2D eigenvalue weighted by Crippen LogP contribution is -2.42. The predicted molar refractivity (Wildman–Crippen MR) is 133 cm³/mol. The summed E-state index contributed by atoms with van der Waals surface area (Å²) >= 11 is 0. The fourth-order valence-electron chi connectivity index (χ4n) is 7.19. The van der Waals surface area contributed by atoms with Gasteiger partial charge in [-0.25, -0.2) is 15.0 Å². The van der Waals surface area contributed by atoms with Crippen LogP contribution in [0.25, 0.3) is 11.2 Å². The number of aromatic nitrogens is 4. The Morgan fingerprint density at radius 2 is 2.08 bits per heavy atom. The predicted octanol–water partition coefficient (Wildman–Crippen LogP) is 4.21. The number of fused-ring (bicyclic) bond motifs is 6. The number of ether oxygens (including phenoxy) is 1. The van der Waals surface area contributed by atoms with Gasteiger partial charge in [0.1, 0.15) is 17.6 Å². The molecule has 188 valence electrons. The molecule has 10 heteroatoms. The van der Waals surface area contributed by atoms with Gasteiger partial charge >= 0.3 is 5.69 Å². The van der Waals surface area contributed by atoms with E-state index in [0.717, 1.165) is 36.8 Å². The van der Waals surface area contributed by atoms with E-state index >= 15 is 0 Å². The second-order valence-electron chi connectivity index (χ2n) is 10.6. The zero-order valence-electron chi connectivity index (χ0n) is 20.4. The third kappa shape index (κ3) is 3.45. The Bertz CT molecular complexity index is 1370. The molecule has 2 fully saturated rings. The molecule has 3 aliphatic carbocycles. The number of benzene rings is 1. The molecule has 4 unspecified atom stereocenters. The van der Waals surface area contributed by atoms with E-state index in [1.54, 1.807) is 12.4 Å². The maximum atomic E-state index is 12.6. The number of carbonyl (C=O) groups is 1. The summed E-state index contributed by atoms with van der Waals surface area (Å²) in [7, 11) is 0. The second-order valence-corrected chi connectivity index (χ2v) is 10.6. The van der Waals surface area contributed by atoms with Crippen LogP contribution in [0.5, 0.6) is 5.75 Å². The lowest BCUT2D eigenvalue weighted by molar-refractivity contribution is -0.386. The van der Waals surface area contributed by atoms with Gasteiger partial charge in [-0.1, -0.05) is 13.0 Å². The fourth-order valence-corrected chi connectivity index (χ4v) is 7.19.